The molecule has 0 saturated carbocycles. The van der Waals surface area contributed by atoms with Crippen LogP contribution in [0.4, 0.5) is 5.95 Å². The number of rotatable bonds is 12. The third-order valence-corrected chi connectivity index (χ3v) is 7.29. The summed E-state index contributed by atoms with van der Waals surface area (Å²) in [6.07, 6.45) is 4.69. The highest BCUT2D eigenvalue weighted by molar-refractivity contribution is 7.93. The number of sulfonamides is 1. The fourth-order valence-corrected chi connectivity index (χ4v) is 4.80. The number of pyridine rings is 1. The van der Waals surface area contributed by atoms with E-state index in [0.717, 1.165) is 11.1 Å². The van der Waals surface area contributed by atoms with Gasteiger partial charge in [-0.25, -0.2) is 18.4 Å². The molecule has 15 heteroatoms. The van der Waals surface area contributed by atoms with Crippen LogP contribution in [-0.2, 0) is 14.8 Å². The van der Waals surface area contributed by atoms with E-state index in [4.69, 9.17) is 14.2 Å². The maximum absolute atomic E-state index is 13.9. The minimum absolute atomic E-state index is 0.0972. The van der Waals surface area contributed by atoms with Crippen LogP contribution >= 0.6 is 0 Å². The van der Waals surface area contributed by atoms with Crippen LogP contribution in [0.1, 0.15) is 40.2 Å². The number of aryl methyl sites for hydroxylation is 1. The lowest BCUT2D eigenvalue weighted by Crippen LogP contribution is -2.43. The minimum atomic E-state index is -4.22. The van der Waals surface area contributed by atoms with Gasteiger partial charge >= 0.3 is 0 Å². The fraction of sp³-hybridized carbons (Fsp3) is 0.423. The molecule has 1 N–H and O–H groups in total. The first kappa shape index (κ1) is 31.3. The Morgan fingerprint density at radius 3 is 2.29 bits per heavy atom. The molecule has 0 aliphatic carbocycles. The van der Waals surface area contributed by atoms with Crippen molar-refractivity contribution in [2.45, 2.75) is 59.0 Å². The molecule has 3 aromatic rings. The highest BCUT2D eigenvalue weighted by Crippen LogP contribution is 2.35. The molecule has 0 saturated heterocycles. The number of hydrogen-bond donors (Lipinski definition) is 1. The molecule has 3 heterocycles. The molecule has 3 aromatic heterocycles. The van der Waals surface area contributed by atoms with Crippen molar-refractivity contribution in [3.05, 3.63) is 42.1 Å². The summed E-state index contributed by atoms with van der Waals surface area (Å²) in [4.78, 5) is 20.9. The van der Waals surface area contributed by atoms with E-state index in [9.17, 15) is 8.42 Å². The second kappa shape index (κ2) is 13.4. The number of aromatic nitrogens is 6. The molecule has 0 fully saturated rings. The Balaban J connectivity index is 2.20. The molecule has 14 nitrogen and oxygen atoms in total. The second-order valence-corrected chi connectivity index (χ2v) is 11.5. The normalized spacial score (nSPS) is 13.4. The summed E-state index contributed by atoms with van der Waals surface area (Å²) in [6, 6.07) is 1.82. The van der Waals surface area contributed by atoms with Crippen LogP contribution in [0.3, 0.4) is 0 Å². The van der Waals surface area contributed by atoms with Crippen LogP contribution < -0.4 is 14.2 Å². The quantitative estimate of drug-likeness (QED) is 0.246. The van der Waals surface area contributed by atoms with Crippen LogP contribution in [0, 0.1) is 6.92 Å². The average molecular weight is 586 g/mol. The topological polar surface area (TPSA) is 168 Å². The zero-order valence-corrected chi connectivity index (χ0v) is 25.2. The first-order valence-electron chi connectivity index (χ1n) is 12.6. The van der Waals surface area contributed by atoms with Gasteiger partial charge < -0.3 is 14.2 Å². The van der Waals surface area contributed by atoms with Crippen LogP contribution in [0.2, 0.25) is 0 Å². The summed E-state index contributed by atoms with van der Waals surface area (Å²) >= 11 is 0. The SMILES string of the molecule is C=NC(=NC=C(C)C)[C@H](OC(C)C)[C@H](C)S(=O)(=O)Nc1nnc(-c2cncc(C)c2)n1-c1c(OC)ncnc1OC. The van der Waals surface area contributed by atoms with Gasteiger partial charge in [0.25, 0.3) is 0 Å². The Bertz CT molecular complexity index is 1520. The lowest BCUT2D eigenvalue weighted by atomic mass is 10.2. The highest BCUT2D eigenvalue weighted by Gasteiger charge is 2.36. The molecular formula is C26H35N9O5S. The van der Waals surface area contributed by atoms with Crippen LogP contribution in [0.5, 0.6) is 11.8 Å². The molecule has 0 unspecified atom stereocenters. The molecule has 0 radical (unpaired) electrons. The fourth-order valence-electron chi connectivity index (χ4n) is 3.72. The molecule has 0 amide bonds. The molecule has 220 valence electrons. The maximum Gasteiger partial charge on any atom is 0.245 e. The highest BCUT2D eigenvalue weighted by atomic mass is 32.2. The molecule has 0 aliphatic rings. The minimum Gasteiger partial charge on any atom is -0.479 e. The zero-order chi connectivity index (χ0) is 30.3. The van der Waals surface area contributed by atoms with Crippen molar-refractivity contribution in [2.75, 3.05) is 18.9 Å². The molecule has 0 aromatic carbocycles. The van der Waals surface area contributed by atoms with Gasteiger partial charge in [-0.1, -0.05) is 5.57 Å². The van der Waals surface area contributed by atoms with Gasteiger partial charge in [-0.2, -0.15) is 9.97 Å². The van der Waals surface area contributed by atoms with Gasteiger partial charge in [0.1, 0.15) is 17.7 Å². The van der Waals surface area contributed by atoms with Gasteiger partial charge in [-0.05, 0) is 59.9 Å². The molecule has 0 spiro atoms. The lowest BCUT2D eigenvalue weighted by molar-refractivity contribution is 0.0459. The smallest absolute Gasteiger partial charge is 0.245 e. The lowest BCUT2D eigenvalue weighted by Gasteiger charge is -2.26. The van der Waals surface area contributed by atoms with Gasteiger partial charge in [0.05, 0.1) is 20.3 Å². The van der Waals surface area contributed by atoms with Crippen LogP contribution in [0.25, 0.3) is 17.1 Å². The van der Waals surface area contributed by atoms with Crippen molar-refractivity contribution in [1.29, 1.82) is 0 Å². The van der Waals surface area contributed by atoms with E-state index in [1.165, 1.54) is 32.0 Å². The summed E-state index contributed by atoms with van der Waals surface area (Å²) in [5.41, 5.74) is 2.47. The molecule has 41 heavy (non-hydrogen) atoms. The predicted molar refractivity (Wildman–Crippen MR) is 156 cm³/mol. The van der Waals surface area contributed by atoms with Gasteiger partial charge in [0, 0.05) is 24.2 Å². The molecule has 2 atom stereocenters. The first-order valence-corrected chi connectivity index (χ1v) is 14.1. The van der Waals surface area contributed by atoms with Gasteiger partial charge in [0.15, 0.2) is 17.3 Å². The van der Waals surface area contributed by atoms with E-state index >= 15 is 0 Å². The standard InChI is InChI=1S/C26H35N9O5S/c1-15(2)11-29-22(27-7)21(40-16(3)4)18(6)41(36,37)34-26-33-32-23(19-10-17(5)12-28-13-19)35(26)20-24(38-8)30-14-31-25(20)39-9/h10-14,16,18,21H,7H2,1-6,8-9H3,(H,33,34)/t18-,21+/m0/s1. The monoisotopic (exact) mass is 585 g/mol. The van der Waals surface area contributed by atoms with Crippen molar-refractivity contribution in [1.82, 2.24) is 29.7 Å². The first-order chi connectivity index (χ1) is 19.4. The van der Waals surface area contributed by atoms with Crippen molar-refractivity contribution in [2.24, 2.45) is 9.98 Å². The summed E-state index contributed by atoms with van der Waals surface area (Å²) in [5, 5.41) is 7.26. The van der Waals surface area contributed by atoms with Crippen molar-refractivity contribution >= 4 is 28.5 Å². The number of methoxy groups -OCH3 is 2. The third kappa shape index (κ3) is 7.29. The molecular weight excluding hydrogens is 550 g/mol. The van der Waals surface area contributed by atoms with Crippen molar-refractivity contribution in [3.63, 3.8) is 0 Å². The summed E-state index contributed by atoms with van der Waals surface area (Å²) in [5.74, 6) is 0.384. The summed E-state index contributed by atoms with van der Waals surface area (Å²) in [6.45, 7) is 14.2. The Labute approximate surface area is 239 Å². The maximum atomic E-state index is 13.9. The van der Waals surface area contributed by atoms with Gasteiger partial charge in [-0.3, -0.25) is 14.3 Å². The van der Waals surface area contributed by atoms with Crippen LogP contribution in [0.15, 0.2) is 46.5 Å². The van der Waals surface area contributed by atoms with E-state index in [1.54, 1.807) is 32.4 Å². The number of ether oxygens (including phenoxy) is 3. The number of aliphatic imine (C=N–C) groups is 2. The predicted octanol–water partition coefficient (Wildman–Crippen LogP) is 3.39. The van der Waals surface area contributed by atoms with E-state index in [0.29, 0.717) is 5.56 Å². The van der Waals surface area contributed by atoms with Gasteiger partial charge in [0.2, 0.25) is 27.7 Å². The Hall–Kier alpha value is -4.24. The second-order valence-electron chi connectivity index (χ2n) is 9.48. The number of amidine groups is 1. The number of anilines is 1. The van der Waals surface area contributed by atoms with E-state index in [2.05, 4.69) is 46.6 Å². The van der Waals surface area contributed by atoms with E-state index < -0.39 is 21.4 Å². The summed E-state index contributed by atoms with van der Waals surface area (Å²) in [7, 11) is -1.39. The van der Waals surface area contributed by atoms with Gasteiger partial charge in [-0.15, -0.1) is 10.2 Å². The Morgan fingerprint density at radius 1 is 1.10 bits per heavy atom. The molecule has 3 rings (SSSR count). The summed E-state index contributed by atoms with van der Waals surface area (Å²) < 4.78 is 48.6. The molecule has 0 aliphatic heterocycles. The number of allylic oxidation sites excluding steroid dienone is 1. The van der Waals surface area contributed by atoms with E-state index in [1.807, 2.05) is 26.8 Å². The van der Waals surface area contributed by atoms with Crippen molar-refractivity contribution in [3.8, 4) is 28.8 Å². The number of nitrogens with one attached hydrogen (secondary N) is 1. The zero-order valence-electron chi connectivity index (χ0n) is 24.4. The Morgan fingerprint density at radius 2 is 1.76 bits per heavy atom. The van der Waals surface area contributed by atoms with Crippen molar-refractivity contribution < 1.29 is 22.6 Å². The van der Waals surface area contributed by atoms with E-state index in [-0.39, 0.29) is 41.2 Å². The number of hydrogen-bond acceptors (Lipinski definition) is 11. The third-order valence-electron chi connectivity index (χ3n) is 5.60. The largest absolute Gasteiger partial charge is 0.479 e. The molecule has 0 bridgehead atoms. The van der Waals surface area contributed by atoms with Crippen LogP contribution in [-0.4, -0.2) is 82.4 Å². The average Bonchev–Trinajstić information content (AvgIpc) is 3.33. The number of nitrogens with zero attached hydrogens (tertiary/aromatic N) is 8. The Kier molecular flexibility index (Phi) is 10.2.